The quantitative estimate of drug-likeness (QED) is 0.465. The molecule has 0 radical (unpaired) electrons. The Morgan fingerprint density at radius 1 is 1.27 bits per heavy atom. The van der Waals surface area contributed by atoms with E-state index < -0.39 is 0 Å². The van der Waals surface area contributed by atoms with Gasteiger partial charge in [0, 0.05) is 13.0 Å². The molecule has 0 N–H and O–H groups in total. The Labute approximate surface area is 194 Å². The highest BCUT2D eigenvalue weighted by Crippen LogP contribution is 2.34. The normalized spacial score (nSPS) is 20.3. The minimum atomic E-state index is -0.298. The van der Waals surface area contributed by atoms with Crippen molar-refractivity contribution in [3.05, 3.63) is 54.0 Å². The fourth-order valence-corrected chi connectivity index (χ4v) is 4.73. The van der Waals surface area contributed by atoms with Crippen LogP contribution in [-0.4, -0.2) is 62.4 Å². The molecule has 1 aromatic carbocycles. The van der Waals surface area contributed by atoms with Crippen molar-refractivity contribution in [2.75, 3.05) is 19.5 Å². The monoisotopic (exact) mass is 468 g/mol. The molecule has 2 atom stereocenters. The molecule has 1 fully saturated rings. The summed E-state index contributed by atoms with van der Waals surface area (Å²) in [5.74, 6) is 1.48. The minimum Gasteiger partial charge on any atom is -0.497 e. The van der Waals surface area contributed by atoms with Crippen LogP contribution in [0.1, 0.15) is 36.6 Å². The number of aromatic nitrogens is 4. The molecule has 1 saturated heterocycles. The lowest BCUT2D eigenvalue weighted by molar-refractivity contribution is -0.130. The van der Waals surface area contributed by atoms with Gasteiger partial charge in [-0.05, 0) is 65.2 Å². The number of thioether (sulfide) groups is 1. The number of carbonyl (C=O) groups excluding carboxylic acids is 1. The average molecular weight is 469 g/mol. The average Bonchev–Trinajstić information content (AvgIpc) is 3.65. The van der Waals surface area contributed by atoms with Crippen LogP contribution in [-0.2, 0) is 16.1 Å². The topological polar surface area (TPSA) is 108 Å². The predicted octanol–water partition coefficient (Wildman–Crippen LogP) is 2.92. The van der Waals surface area contributed by atoms with Crippen molar-refractivity contribution < 1.29 is 18.7 Å². The van der Waals surface area contributed by atoms with Crippen LogP contribution in [0.4, 0.5) is 0 Å². The molecule has 2 aliphatic rings. The van der Waals surface area contributed by atoms with Crippen molar-refractivity contribution >= 4 is 23.4 Å². The molecule has 2 unspecified atom stereocenters. The molecule has 11 heteroatoms. The molecule has 2 aliphatic heterocycles. The summed E-state index contributed by atoms with van der Waals surface area (Å²) in [4.78, 5) is 13.2. The number of ether oxygens (including phenoxy) is 2. The van der Waals surface area contributed by atoms with Gasteiger partial charge in [0.15, 0.2) is 0 Å². The molecule has 10 nitrogen and oxygen atoms in total. The molecule has 172 valence electrons. The number of tetrazole rings is 1. The summed E-state index contributed by atoms with van der Waals surface area (Å²) >= 11 is 1.30. The Kier molecular flexibility index (Phi) is 6.40. The van der Waals surface area contributed by atoms with Gasteiger partial charge >= 0.3 is 0 Å². The second-order valence-electron chi connectivity index (χ2n) is 7.82. The van der Waals surface area contributed by atoms with E-state index in [1.807, 2.05) is 36.4 Å². The highest BCUT2D eigenvalue weighted by molar-refractivity contribution is 7.99. The van der Waals surface area contributed by atoms with Crippen LogP contribution >= 0.6 is 11.8 Å². The molecule has 4 heterocycles. The summed E-state index contributed by atoms with van der Waals surface area (Å²) in [6.07, 6.45) is 4.32. The van der Waals surface area contributed by atoms with Crippen molar-refractivity contribution in [3.8, 4) is 5.75 Å². The van der Waals surface area contributed by atoms with Gasteiger partial charge < -0.3 is 13.9 Å². The smallest absolute Gasteiger partial charge is 0.253 e. The summed E-state index contributed by atoms with van der Waals surface area (Å²) in [7, 11) is 1.63. The largest absolute Gasteiger partial charge is 0.497 e. The van der Waals surface area contributed by atoms with Gasteiger partial charge in [-0.2, -0.15) is 5.10 Å². The Hall–Kier alpha value is -3.18. The number of nitrogens with zero attached hydrogens (tertiary/aromatic N) is 6. The minimum absolute atomic E-state index is 0.113. The first kappa shape index (κ1) is 21.7. The fourth-order valence-electron chi connectivity index (χ4n) is 3.99. The van der Waals surface area contributed by atoms with Crippen LogP contribution < -0.4 is 4.74 Å². The summed E-state index contributed by atoms with van der Waals surface area (Å²) in [6.45, 7) is 1.35. The van der Waals surface area contributed by atoms with Crippen LogP contribution in [0, 0.1) is 0 Å². The molecular weight excluding hydrogens is 444 g/mol. The Bertz CT molecular complexity index is 1110. The van der Waals surface area contributed by atoms with Gasteiger partial charge in [-0.1, -0.05) is 11.8 Å². The van der Waals surface area contributed by atoms with E-state index >= 15 is 0 Å². The van der Waals surface area contributed by atoms with Gasteiger partial charge in [-0.3, -0.25) is 4.79 Å². The van der Waals surface area contributed by atoms with E-state index in [1.54, 1.807) is 18.1 Å². The van der Waals surface area contributed by atoms with Crippen molar-refractivity contribution in [1.82, 2.24) is 25.2 Å². The second kappa shape index (κ2) is 9.75. The highest BCUT2D eigenvalue weighted by Gasteiger charge is 2.35. The van der Waals surface area contributed by atoms with Crippen molar-refractivity contribution in [1.29, 1.82) is 0 Å². The summed E-state index contributed by atoms with van der Waals surface area (Å²) in [6, 6.07) is 11.0. The first-order chi connectivity index (χ1) is 16.2. The number of rotatable bonds is 8. The van der Waals surface area contributed by atoms with Gasteiger partial charge in [-0.15, -0.1) is 5.10 Å². The standard InChI is InChI=1S/C22H24N6O4S/c1-30-16-8-6-15(7-9-16)18-12-19(20-5-3-11-32-20)28(24-18)21(29)14-33-22-23-25-26-27(22)13-17-4-2-10-31-17/h3,5-9,11,17,19H,2,4,10,12-14H2,1H3. The predicted molar refractivity (Wildman–Crippen MR) is 120 cm³/mol. The van der Waals surface area contributed by atoms with E-state index in [0.717, 1.165) is 36.5 Å². The number of hydrogen-bond donors (Lipinski definition) is 0. The lowest BCUT2D eigenvalue weighted by atomic mass is 10.0. The molecule has 3 aromatic rings. The number of benzene rings is 1. The Morgan fingerprint density at radius 3 is 2.88 bits per heavy atom. The highest BCUT2D eigenvalue weighted by atomic mass is 32.2. The van der Waals surface area contributed by atoms with E-state index in [2.05, 4.69) is 20.6 Å². The number of amides is 1. The number of carbonyl (C=O) groups is 1. The first-order valence-corrected chi connectivity index (χ1v) is 11.8. The molecular formula is C22H24N6O4S. The van der Waals surface area contributed by atoms with Crippen LogP contribution in [0.3, 0.4) is 0 Å². The number of methoxy groups -OCH3 is 1. The van der Waals surface area contributed by atoms with Crippen LogP contribution in [0.15, 0.2) is 57.3 Å². The fraction of sp³-hybridized carbons (Fsp3) is 0.409. The molecule has 1 amide bonds. The van der Waals surface area contributed by atoms with Crippen molar-refractivity contribution in [2.24, 2.45) is 5.10 Å². The van der Waals surface area contributed by atoms with Gasteiger partial charge in [0.25, 0.3) is 5.91 Å². The van der Waals surface area contributed by atoms with Crippen LogP contribution in [0.2, 0.25) is 0 Å². The number of hydrazone groups is 1. The lowest BCUT2D eigenvalue weighted by Gasteiger charge is -2.19. The third kappa shape index (κ3) is 4.79. The van der Waals surface area contributed by atoms with Crippen molar-refractivity contribution in [3.63, 3.8) is 0 Å². The summed E-state index contributed by atoms with van der Waals surface area (Å²) < 4.78 is 18.2. The Morgan fingerprint density at radius 2 is 2.15 bits per heavy atom. The van der Waals surface area contributed by atoms with Crippen LogP contribution in [0.5, 0.6) is 5.75 Å². The lowest BCUT2D eigenvalue weighted by Crippen LogP contribution is -2.28. The summed E-state index contributed by atoms with van der Waals surface area (Å²) in [5.41, 5.74) is 1.76. The number of hydrogen-bond acceptors (Lipinski definition) is 9. The zero-order valence-corrected chi connectivity index (χ0v) is 19.0. The third-order valence-corrected chi connectivity index (χ3v) is 6.63. The van der Waals surface area contributed by atoms with E-state index in [-0.39, 0.29) is 23.8 Å². The van der Waals surface area contributed by atoms with E-state index in [0.29, 0.717) is 23.9 Å². The van der Waals surface area contributed by atoms with Gasteiger partial charge in [0.1, 0.15) is 17.6 Å². The Balaban J connectivity index is 1.30. The second-order valence-corrected chi connectivity index (χ2v) is 8.76. The van der Waals surface area contributed by atoms with E-state index in [4.69, 9.17) is 13.9 Å². The van der Waals surface area contributed by atoms with E-state index in [9.17, 15) is 4.79 Å². The SMILES string of the molecule is COc1ccc(C2=NN(C(=O)CSc3nnnn3CC3CCCO3)C(c3ccco3)C2)cc1. The molecule has 0 aliphatic carbocycles. The zero-order valence-electron chi connectivity index (χ0n) is 18.2. The molecule has 0 bridgehead atoms. The summed E-state index contributed by atoms with van der Waals surface area (Å²) in [5, 5.41) is 18.7. The molecule has 5 rings (SSSR count). The first-order valence-electron chi connectivity index (χ1n) is 10.8. The maximum Gasteiger partial charge on any atom is 0.253 e. The van der Waals surface area contributed by atoms with E-state index in [1.165, 1.54) is 16.8 Å². The third-order valence-electron chi connectivity index (χ3n) is 5.69. The maximum atomic E-state index is 13.2. The van der Waals surface area contributed by atoms with Crippen molar-refractivity contribution in [2.45, 2.75) is 43.1 Å². The molecule has 0 spiro atoms. The molecule has 33 heavy (non-hydrogen) atoms. The van der Waals surface area contributed by atoms with Gasteiger partial charge in [-0.25, -0.2) is 9.69 Å². The molecule has 2 aromatic heterocycles. The zero-order chi connectivity index (χ0) is 22.6. The maximum absolute atomic E-state index is 13.2. The number of furan rings is 1. The van der Waals surface area contributed by atoms with Gasteiger partial charge in [0.2, 0.25) is 5.16 Å². The molecule has 0 saturated carbocycles. The van der Waals surface area contributed by atoms with Gasteiger partial charge in [0.05, 0.1) is 37.5 Å². The van der Waals surface area contributed by atoms with Crippen LogP contribution in [0.25, 0.3) is 0 Å².